The third kappa shape index (κ3) is 4.01. The Morgan fingerprint density at radius 2 is 2.00 bits per heavy atom. The van der Waals surface area contributed by atoms with E-state index < -0.39 is 0 Å². The molecule has 0 radical (unpaired) electrons. The van der Waals surface area contributed by atoms with E-state index in [0.717, 1.165) is 12.8 Å². The molecule has 0 heterocycles. The van der Waals surface area contributed by atoms with Crippen molar-refractivity contribution in [2.45, 2.75) is 64.6 Å². The van der Waals surface area contributed by atoms with Crippen LogP contribution in [0.15, 0.2) is 0 Å². The van der Waals surface area contributed by atoms with E-state index >= 15 is 0 Å². The summed E-state index contributed by atoms with van der Waals surface area (Å²) in [6.07, 6.45) is 4.62. The predicted molar refractivity (Wildman–Crippen MR) is 67.3 cm³/mol. The lowest BCUT2D eigenvalue weighted by molar-refractivity contribution is -0.127. The Morgan fingerprint density at radius 3 is 2.47 bits per heavy atom. The molecule has 4 nitrogen and oxygen atoms in total. The van der Waals surface area contributed by atoms with E-state index in [-0.39, 0.29) is 18.0 Å². The van der Waals surface area contributed by atoms with Crippen molar-refractivity contribution in [2.75, 3.05) is 6.54 Å². The van der Waals surface area contributed by atoms with Crippen LogP contribution in [-0.4, -0.2) is 35.5 Å². The van der Waals surface area contributed by atoms with Gasteiger partial charge in [-0.1, -0.05) is 12.8 Å². The summed E-state index contributed by atoms with van der Waals surface area (Å²) in [5.41, 5.74) is 0. The van der Waals surface area contributed by atoms with Gasteiger partial charge in [-0.05, 0) is 33.6 Å². The lowest BCUT2D eigenvalue weighted by atomic mass is 10.1. The maximum Gasteiger partial charge on any atom is 0.237 e. The highest BCUT2D eigenvalue weighted by Crippen LogP contribution is 2.18. The molecule has 1 fully saturated rings. The van der Waals surface area contributed by atoms with Gasteiger partial charge >= 0.3 is 0 Å². The highest BCUT2D eigenvalue weighted by molar-refractivity contribution is 5.81. The summed E-state index contributed by atoms with van der Waals surface area (Å²) in [7, 11) is 0. The van der Waals surface area contributed by atoms with Crippen LogP contribution in [0.5, 0.6) is 0 Å². The van der Waals surface area contributed by atoms with Crippen LogP contribution in [0, 0.1) is 11.3 Å². The Hall–Kier alpha value is -1.08. The number of carbonyl (C=O) groups is 1. The van der Waals surface area contributed by atoms with Crippen molar-refractivity contribution >= 4 is 5.91 Å². The largest absolute Gasteiger partial charge is 0.352 e. The zero-order valence-electron chi connectivity index (χ0n) is 11.1. The van der Waals surface area contributed by atoms with E-state index in [1.54, 1.807) is 0 Å². The average molecular weight is 237 g/mol. The molecule has 1 aliphatic carbocycles. The third-order valence-corrected chi connectivity index (χ3v) is 3.50. The highest BCUT2D eigenvalue weighted by atomic mass is 16.2. The second kappa shape index (κ2) is 6.61. The van der Waals surface area contributed by atoms with Gasteiger partial charge in [0.05, 0.1) is 18.7 Å². The molecule has 17 heavy (non-hydrogen) atoms. The molecule has 1 saturated carbocycles. The van der Waals surface area contributed by atoms with Gasteiger partial charge in [0.15, 0.2) is 0 Å². The topological polar surface area (TPSA) is 56.1 Å². The molecule has 1 rings (SSSR count). The number of nitriles is 1. The van der Waals surface area contributed by atoms with E-state index in [9.17, 15) is 4.79 Å². The van der Waals surface area contributed by atoms with Crippen molar-refractivity contribution in [3.8, 4) is 6.07 Å². The molecule has 0 aromatic carbocycles. The minimum atomic E-state index is -0.227. The van der Waals surface area contributed by atoms with E-state index in [1.807, 2.05) is 25.7 Å². The van der Waals surface area contributed by atoms with Gasteiger partial charge in [0.1, 0.15) is 0 Å². The number of carbonyl (C=O) groups excluding carboxylic acids is 1. The lowest BCUT2D eigenvalue weighted by Crippen LogP contribution is -2.50. The van der Waals surface area contributed by atoms with Gasteiger partial charge in [0.25, 0.3) is 0 Å². The Labute approximate surface area is 104 Å². The SMILES string of the molecule is CC(C)N(CC#N)C(C)C(=O)NC1CCCC1. The maximum atomic E-state index is 12.1. The first-order valence-corrected chi connectivity index (χ1v) is 6.49. The Balaban J connectivity index is 2.50. The summed E-state index contributed by atoms with van der Waals surface area (Å²) in [4.78, 5) is 14.0. The second-order valence-corrected chi connectivity index (χ2v) is 5.09. The smallest absolute Gasteiger partial charge is 0.237 e. The van der Waals surface area contributed by atoms with Crippen LogP contribution >= 0.6 is 0 Å². The number of nitrogens with one attached hydrogen (secondary N) is 1. The van der Waals surface area contributed by atoms with E-state index in [1.165, 1.54) is 12.8 Å². The van der Waals surface area contributed by atoms with Crippen molar-refractivity contribution in [1.29, 1.82) is 5.26 Å². The van der Waals surface area contributed by atoms with Crippen LogP contribution < -0.4 is 5.32 Å². The normalized spacial score (nSPS) is 18.4. The van der Waals surface area contributed by atoms with E-state index in [0.29, 0.717) is 12.6 Å². The molecule has 0 aromatic rings. The van der Waals surface area contributed by atoms with Gasteiger partial charge in [0.2, 0.25) is 5.91 Å². The molecule has 4 heteroatoms. The monoisotopic (exact) mass is 237 g/mol. The van der Waals surface area contributed by atoms with Gasteiger partial charge in [0, 0.05) is 12.1 Å². The fraction of sp³-hybridized carbons (Fsp3) is 0.846. The zero-order chi connectivity index (χ0) is 12.8. The van der Waals surface area contributed by atoms with Crippen molar-refractivity contribution in [2.24, 2.45) is 0 Å². The van der Waals surface area contributed by atoms with Gasteiger partial charge < -0.3 is 5.32 Å². The second-order valence-electron chi connectivity index (χ2n) is 5.09. The van der Waals surface area contributed by atoms with E-state index in [4.69, 9.17) is 5.26 Å². The van der Waals surface area contributed by atoms with Crippen LogP contribution in [0.3, 0.4) is 0 Å². The summed E-state index contributed by atoms with van der Waals surface area (Å²) < 4.78 is 0. The molecule has 1 amide bonds. The van der Waals surface area contributed by atoms with Gasteiger partial charge in [-0.3, -0.25) is 9.69 Å². The van der Waals surface area contributed by atoms with Gasteiger partial charge in [-0.2, -0.15) is 5.26 Å². The summed E-state index contributed by atoms with van der Waals surface area (Å²) in [5.74, 6) is 0.0563. The lowest BCUT2D eigenvalue weighted by Gasteiger charge is -2.30. The number of hydrogen-bond acceptors (Lipinski definition) is 3. The van der Waals surface area contributed by atoms with Crippen LogP contribution in [0.4, 0.5) is 0 Å². The van der Waals surface area contributed by atoms with Gasteiger partial charge in [-0.15, -0.1) is 0 Å². The molecule has 96 valence electrons. The van der Waals surface area contributed by atoms with Crippen molar-refractivity contribution in [3.63, 3.8) is 0 Å². The first-order valence-electron chi connectivity index (χ1n) is 6.49. The average Bonchev–Trinajstić information content (AvgIpc) is 2.77. The van der Waals surface area contributed by atoms with Crippen molar-refractivity contribution in [3.05, 3.63) is 0 Å². The molecule has 0 aliphatic heterocycles. The summed E-state index contributed by atoms with van der Waals surface area (Å²) in [5, 5.41) is 11.9. The standard InChI is InChI=1S/C13H23N3O/c1-10(2)16(9-8-14)11(3)13(17)15-12-6-4-5-7-12/h10-12H,4-7,9H2,1-3H3,(H,15,17). The molecular weight excluding hydrogens is 214 g/mol. The number of amides is 1. The fourth-order valence-electron chi connectivity index (χ4n) is 2.39. The van der Waals surface area contributed by atoms with Crippen molar-refractivity contribution in [1.82, 2.24) is 10.2 Å². The Morgan fingerprint density at radius 1 is 1.41 bits per heavy atom. The predicted octanol–water partition coefficient (Wildman–Crippen LogP) is 1.67. The first kappa shape index (κ1) is 14.0. The number of nitrogens with zero attached hydrogens (tertiary/aromatic N) is 2. The molecule has 0 saturated heterocycles. The molecule has 0 spiro atoms. The Bertz CT molecular complexity index is 290. The highest BCUT2D eigenvalue weighted by Gasteiger charge is 2.26. The molecule has 1 unspecified atom stereocenters. The summed E-state index contributed by atoms with van der Waals surface area (Å²) in [6, 6.07) is 2.45. The van der Waals surface area contributed by atoms with Crippen LogP contribution in [0.1, 0.15) is 46.5 Å². The number of hydrogen-bond donors (Lipinski definition) is 1. The van der Waals surface area contributed by atoms with Crippen LogP contribution in [0.25, 0.3) is 0 Å². The summed E-state index contributed by atoms with van der Waals surface area (Å²) in [6.45, 7) is 6.20. The molecule has 1 atom stereocenters. The quantitative estimate of drug-likeness (QED) is 0.740. The molecule has 0 aromatic heterocycles. The molecular formula is C13H23N3O. The molecule has 1 N–H and O–H groups in total. The van der Waals surface area contributed by atoms with E-state index in [2.05, 4.69) is 11.4 Å². The zero-order valence-corrected chi connectivity index (χ0v) is 11.1. The fourth-order valence-corrected chi connectivity index (χ4v) is 2.39. The molecule has 0 bridgehead atoms. The first-order chi connectivity index (χ1) is 8.06. The van der Waals surface area contributed by atoms with Gasteiger partial charge in [-0.25, -0.2) is 0 Å². The third-order valence-electron chi connectivity index (χ3n) is 3.50. The molecule has 1 aliphatic rings. The minimum absolute atomic E-state index is 0.0563. The maximum absolute atomic E-state index is 12.1. The minimum Gasteiger partial charge on any atom is -0.352 e. The van der Waals surface area contributed by atoms with Crippen LogP contribution in [0.2, 0.25) is 0 Å². The number of rotatable bonds is 5. The van der Waals surface area contributed by atoms with Crippen LogP contribution in [-0.2, 0) is 4.79 Å². The Kier molecular flexibility index (Phi) is 5.43. The summed E-state index contributed by atoms with van der Waals surface area (Å²) >= 11 is 0. The van der Waals surface area contributed by atoms with Crippen molar-refractivity contribution < 1.29 is 4.79 Å².